The molecule has 94 valence electrons. The lowest BCUT2D eigenvalue weighted by Gasteiger charge is -2.17. The van der Waals surface area contributed by atoms with Gasteiger partial charge in [0.2, 0.25) is 0 Å². The van der Waals surface area contributed by atoms with Gasteiger partial charge in [-0.25, -0.2) is 0 Å². The van der Waals surface area contributed by atoms with Gasteiger partial charge in [0.05, 0.1) is 0 Å². The zero-order valence-electron chi connectivity index (χ0n) is 11.2. The molecule has 0 nitrogen and oxygen atoms in total. The van der Waals surface area contributed by atoms with Crippen LogP contribution in [0.15, 0.2) is 54.6 Å². The van der Waals surface area contributed by atoms with E-state index < -0.39 is 0 Å². The molecule has 3 aromatic carbocycles. The van der Waals surface area contributed by atoms with Gasteiger partial charge in [0.1, 0.15) is 0 Å². The van der Waals surface area contributed by atoms with Crippen molar-refractivity contribution in [2.45, 2.75) is 12.8 Å². The average Bonchev–Trinajstić information content (AvgIpc) is 2.86. The summed E-state index contributed by atoms with van der Waals surface area (Å²) in [6.07, 6.45) is 6.77. The molecule has 0 atom stereocenters. The molecule has 0 heteroatoms. The fourth-order valence-corrected chi connectivity index (χ4v) is 3.85. The first-order valence-corrected chi connectivity index (χ1v) is 7.24. The largest absolute Gasteiger partial charge is 0.0795 e. The van der Waals surface area contributed by atoms with E-state index in [2.05, 4.69) is 60.7 Å². The van der Waals surface area contributed by atoms with Crippen LogP contribution < -0.4 is 0 Å². The van der Waals surface area contributed by atoms with Gasteiger partial charge in [0, 0.05) is 0 Å². The summed E-state index contributed by atoms with van der Waals surface area (Å²) < 4.78 is 0. The number of fused-ring (bicyclic) bond motifs is 4. The van der Waals surface area contributed by atoms with Crippen molar-refractivity contribution in [3.05, 3.63) is 76.9 Å². The molecule has 0 aromatic heterocycles. The first kappa shape index (κ1) is 10.4. The second-order valence-corrected chi connectivity index (χ2v) is 5.78. The van der Waals surface area contributed by atoms with E-state index in [4.69, 9.17) is 0 Å². The smallest absolute Gasteiger partial charge is 0.00130 e. The maximum absolute atomic E-state index is 2.40. The van der Waals surface area contributed by atoms with Crippen molar-refractivity contribution >= 4 is 16.8 Å². The van der Waals surface area contributed by atoms with Crippen LogP contribution in [-0.2, 0) is 12.8 Å². The lowest BCUT2D eigenvalue weighted by atomic mass is 9.87. The topological polar surface area (TPSA) is 0 Å². The summed E-state index contributed by atoms with van der Waals surface area (Å²) >= 11 is 0. The summed E-state index contributed by atoms with van der Waals surface area (Å²) in [5.41, 5.74) is 8.75. The van der Waals surface area contributed by atoms with Crippen LogP contribution >= 0.6 is 0 Å². The third-order valence-electron chi connectivity index (χ3n) is 4.66. The Morgan fingerprint density at radius 3 is 2.70 bits per heavy atom. The highest BCUT2D eigenvalue weighted by molar-refractivity contribution is 6.03. The maximum atomic E-state index is 2.40. The number of allylic oxidation sites excluding steroid dienone is 1. The molecule has 0 N–H and O–H groups in total. The number of benzene rings is 3. The Kier molecular flexibility index (Phi) is 1.88. The Morgan fingerprint density at radius 2 is 1.70 bits per heavy atom. The minimum atomic E-state index is 1.06. The molecule has 0 bridgehead atoms. The first-order chi connectivity index (χ1) is 9.92. The molecule has 0 fully saturated rings. The van der Waals surface area contributed by atoms with Crippen molar-refractivity contribution in [1.29, 1.82) is 0 Å². The maximum Gasteiger partial charge on any atom is -0.00130 e. The first-order valence-electron chi connectivity index (χ1n) is 7.24. The molecule has 0 radical (unpaired) electrons. The number of hydrogen-bond donors (Lipinski definition) is 0. The molecule has 0 aliphatic heterocycles. The fourth-order valence-electron chi connectivity index (χ4n) is 3.85. The van der Waals surface area contributed by atoms with Crippen LogP contribution in [0.2, 0.25) is 0 Å². The van der Waals surface area contributed by atoms with E-state index in [9.17, 15) is 0 Å². The predicted octanol–water partition coefficient (Wildman–Crippen LogP) is 4.98. The van der Waals surface area contributed by atoms with Crippen LogP contribution in [-0.4, -0.2) is 0 Å². The Bertz CT molecular complexity index is 897. The van der Waals surface area contributed by atoms with Gasteiger partial charge in [0.15, 0.2) is 0 Å². The minimum absolute atomic E-state index is 1.06. The van der Waals surface area contributed by atoms with Crippen LogP contribution in [0.5, 0.6) is 0 Å². The van der Waals surface area contributed by atoms with Gasteiger partial charge in [-0.15, -0.1) is 0 Å². The summed E-state index contributed by atoms with van der Waals surface area (Å²) in [5.74, 6) is 0. The third-order valence-corrected chi connectivity index (χ3v) is 4.66. The average molecular weight is 254 g/mol. The van der Waals surface area contributed by atoms with Gasteiger partial charge in [-0.1, -0.05) is 60.7 Å². The highest BCUT2D eigenvalue weighted by Crippen LogP contribution is 2.44. The molecular formula is C20H14. The van der Waals surface area contributed by atoms with Crippen LogP contribution in [0.4, 0.5) is 0 Å². The van der Waals surface area contributed by atoms with Gasteiger partial charge < -0.3 is 0 Å². The third kappa shape index (κ3) is 1.21. The Labute approximate surface area is 118 Å². The highest BCUT2D eigenvalue weighted by Gasteiger charge is 2.23. The van der Waals surface area contributed by atoms with Gasteiger partial charge in [-0.05, 0) is 57.0 Å². The summed E-state index contributed by atoms with van der Waals surface area (Å²) in [5, 5.41) is 2.86. The van der Waals surface area contributed by atoms with E-state index in [0.29, 0.717) is 0 Å². The van der Waals surface area contributed by atoms with Gasteiger partial charge in [-0.3, -0.25) is 0 Å². The number of hydrogen-bond acceptors (Lipinski definition) is 0. The van der Waals surface area contributed by atoms with Crippen molar-refractivity contribution in [3.8, 4) is 11.1 Å². The lowest BCUT2D eigenvalue weighted by Crippen LogP contribution is -1.96. The molecule has 0 amide bonds. The molecular weight excluding hydrogens is 240 g/mol. The molecule has 3 aromatic rings. The van der Waals surface area contributed by atoms with Gasteiger partial charge >= 0.3 is 0 Å². The second-order valence-electron chi connectivity index (χ2n) is 5.78. The van der Waals surface area contributed by atoms with Crippen molar-refractivity contribution < 1.29 is 0 Å². The molecule has 2 aliphatic carbocycles. The molecule has 20 heavy (non-hydrogen) atoms. The molecule has 0 spiro atoms. The van der Waals surface area contributed by atoms with Crippen molar-refractivity contribution in [3.63, 3.8) is 0 Å². The molecule has 2 aliphatic rings. The van der Waals surface area contributed by atoms with Gasteiger partial charge in [0.25, 0.3) is 0 Å². The number of rotatable bonds is 0. The van der Waals surface area contributed by atoms with E-state index in [1.165, 1.54) is 44.2 Å². The zero-order valence-corrected chi connectivity index (χ0v) is 11.2. The minimum Gasteiger partial charge on any atom is -0.0795 e. The Hall–Kier alpha value is -2.34. The Morgan fingerprint density at radius 1 is 0.800 bits per heavy atom. The monoisotopic (exact) mass is 254 g/mol. The van der Waals surface area contributed by atoms with E-state index >= 15 is 0 Å². The predicted molar refractivity (Wildman–Crippen MR) is 84.9 cm³/mol. The van der Waals surface area contributed by atoms with Crippen molar-refractivity contribution in [2.75, 3.05) is 0 Å². The van der Waals surface area contributed by atoms with Crippen LogP contribution in [0.25, 0.3) is 28.0 Å². The SMILES string of the molecule is C1=Cc2c3c(cc4cccc(c24)C1)Cc1ccccc1-3. The molecule has 0 unspecified atom stereocenters. The fraction of sp³-hybridized carbons (Fsp3) is 0.100. The van der Waals surface area contributed by atoms with Crippen molar-refractivity contribution in [1.82, 2.24) is 0 Å². The standard InChI is InChI=1S/C20H14/c1-2-9-17-14(5-1)11-16-12-15-8-3-6-13-7-4-10-18(19(13)15)20(16)17/h1-6,8-10,12H,7,11H2. The molecule has 0 heterocycles. The summed E-state index contributed by atoms with van der Waals surface area (Å²) in [6.45, 7) is 0. The Balaban J connectivity index is 1.99. The molecule has 0 saturated heterocycles. The van der Waals surface area contributed by atoms with Gasteiger partial charge in [-0.2, -0.15) is 0 Å². The highest BCUT2D eigenvalue weighted by atomic mass is 14.3. The van der Waals surface area contributed by atoms with Crippen LogP contribution in [0.1, 0.15) is 22.3 Å². The van der Waals surface area contributed by atoms with Crippen molar-refractivity contribution in [2.24, 2.45) is 0 Å². The summed E-state index contributed by atoms with van der Waals surface area (Å²) in [7, 11) is 0. The second kappa shape index (κ2) is 3.61. The molecule has 0 saturated carbocycles. The van der Waals surface area contributed by atoms with E-state index in [-0.39, 0.29) is 0 Å². The summed E-state index contributed by atoms with van der Waals surface area (Å²) in [4.78, 5) is 0. The summed E-state index contributed by atoms with van der Waals surface area (Å²) in [6, 6.07) is 18.0. The van der Waals surface area contributed by atoms with E-state index in [0.717, 1.165) is 12.8 Å². The zero-order chi connectivity index (χ0) is 13.1. The van der Waals surface area contributed by atoms with Crippen LogP contribution in [0, 0.1) is 0 Å². The lowest BCUT2D eigenvalue weighted by molar-refractivity contribution is 1.26. The normalized spacial score (nSPS) is 14.4. The molecule has 5 rings (SSSR count). The quantitative estimate of drug-likeness (QED) is 0.415. The van der Waals surface area contributed by atoms with E-state index in [1.54, 1.807) is 0 Å². The van der Waals surface area contributed by atoms with Crippen LogP contribution in [0.3, 0.4) is 0 Å². The van der Waals surface area contributed by atoms with E-state index in [1.807, 2.05) is 0 Å².